The average molecular weight is 420 g/mol. The number of alkyl halides is 2. The third-order valence-corrected chi connectivity index (χ3v) is 6.20. The highest BCUT2D eigenvalue weighted by Gasteiger charge is 2.18. The van der Waals surface area contributed by atoms with Gasteiger partial charge in [-0.3, -0.25) is 4.79 Å². The molecule has 30 heavy (non-hydrogen) atoms. The van der Waals surface area contributed by atoms with Gasteiger partial charge < -0.3 is 4.98 Å². The second kappa shape index (κ2) is 7.03. The number of thiophene rings is 1. The first kappa shape index (κ1) is 18.4. The molecular weight excluding hydrogens is 406 g/mol. The molecule has 3 aromatic carbocycles. The average Bonchev–Trinajstić information content (AvgIpc) is 3.18. The lowest BCUT2D eigenvalue weighted by atomic mass is 10.1. The summed E-state index contributed by atoms with van der Waals surface area (Å²) < 4.78 is 28.3. The van der Waals surface area contributed by atoms with Crippen molar-refractivity contribution in [1.29, 1.82) is 0 Å². The standard InChI is InChI=1S/C23H14F2N2O2S/c24-21(25)16-10-4-3-9-15(16)19-12-17-20(30-19)22(28)27(23(29)26-17)18-11-5-7-13-6-1-2-8-14(13)18/h1-12,21H,(H,26,29). The lowest BCUT2D eigenvalue weighted by molar-refractivity contribution is 0.152. The summed E-state index contributed by atoms with van der Waals surface area (Å²) in [7, 11) is 0. The number of nitrogens with one attached hydrogen (secondary N) is 1. The number of H-pyrrole nitrogens is 1. The molecule has 148 valence electrons. The molecule has 0 fully saturated rings. The Morgan fingerprint density at radius 3 is 2.47 bits per heavy atom. The van der Waals surface area contributed by atoms with E-state index in [0.29, 0.717) is 26.3 Å². The summed E-state index contributed by atoms with van der Waals surface area (Å²) >= 11 is 1.09. The molecule has 5 aromatic rings. The molecule has 0 bridgehead atoms. The summed E-state index contributed by atoms with van der Waals surface area (Å²) in [5.41, 5.74) is 0.00686. The van der Waals surface area contributed by atoms with Gasteiger partial charge in [0.05, 0.1) is 11.2 Å². The molecular formula is C23H14F2N2O2S. The van der Waals surface area contributed by atoms with Gasteiger partial charge in [-0.15, -0.1) is 11.3 Å². The number of benzene rings is 3. The van der Waals surface area contributed by atoms with E-state index in [-0.39, 0.29) is 5.56 Å². The third-order valence-electron chi connectivity index (χ3n) is 5.04. The van der Waals surface area contributed by atoms with Crippen LogP contribution in [0.1, 0.15) is 12.0 Å². The van der Waals surface area contributed by atoms with E-state index >= 15 is 0 Å². The smallest absolute Gasteiger partial charge is 0.306 e. The van der Waals surface area contributed by atoms with Gasteiger partial charge in [-0.25, -0.2) is 18.1 Å². The van der Waals surface area contributed by atoms with Crippen molar-refractivity contribution < 1.29 is 8.78 Å². The van der Waals surface area contributed by atoms with Crippen molar-refractivity contribution in [2.75, 3.05) is 0 Å². The molecule has 0 aliphatic heterocycles. The van der Waals surface area contributed by atoms with Gasteiger partial charge in [-0.2, -0.15) is 0 Å². The van der Waals surface area contributed by atoms with Crippen LogP contribution in [0, 0.1) is 0 Å². The largest absolute Gasteiger partial charge is 0.333 e. The zero-order chi connectivity index (χ0) is 20.8. The SMILES string of the molecule is O=c1[nH]c2cc(-c3ccccc3C(F)F)sc2c(=O)n1-c1cccc2ccccc12. The zero-order valence-electron chi connectivity index (χ0n) is 15.4. The van der Waals surface area contributed by atoms with Crippen LogP contribution in [0.25, 0.3) is 37.1 Å². The van der Waals surface area contributed by atoms with Crippen molar-refractivity contribution in [3.8, 4) is 16.1 Å². The third kappa shape index (κ3) is 2.86. The van der Waals surface area contributed by atoms with E-state index in [1.807, 2.05) is 30.3 Å². The van der Waals surface area contributed by atoms with Gasteiger partial charge in [0.1, 0.15) is 4.70 Å². The maximum absolute atomic E-state index is 13.4. The van der Waals surface area contributed by atoms with Crippen LogP contribution in [0.3, 0.4) is 0 Å². The Hall–Kier alpha value is -3.58. The van der Waals surface area contributed by atoms with Gasteiger partial charge >= 0.3 is 5.69 Å². The molecule has 0 spiro atoms. The van der Waals surface area contributed by atoms with Crippen LogP contribution in [0.4, 0.5) is 8.78 Å². The molecule has 0 radical (unpaired) electrons. The Labute approximate surface area is 172 Å². The maximum atomic E-state index is 13.4. The van der Waals surface area contributed by atoms with E-state index in [1.54, 1.807) is 36.4 Å². The maximum Gasteiger partial charge on any atom is 0.333 e. The molecule has 0 unspecified atom stereocenters. The van der Waals surface area contributed by atoms with Crippen molar-refractivity contribution in [3.05, 3.63) is 99.2 Å². The van der Waals surface area contributed by atoms with E-state index in [2.05, 4.69) is 4.98 Å². The Bertz CT molecular complexity index is 1530. The topological polar surface area (TPSA) is 54.9 Å². The van der Waals surface area contributed by atoms with Crippen LogP contribution < -0.4 is 11.2 Å². The number of hydrogen-bond acceptors (Lipinski definition) is 3. The lowest BCUT2D eigenvalue weighted by Gasteiger charge is -2.08. The van der Waals surface area contributed by atoms with Crippen LogP contribution in [0.15, 0.2) is 82.4 Å². The van der Waals surface area contributed by atoms with E-state index in [1.165, 1.54) is 6.07 Å². The van der Waals surface area contributed by atoms with Crippen LogP contribution in [-0.4, -0.2) is 9.55 Å². The van der Waals surface area contributed by atoms with Crippen LogP contribution in [0.2, 0.25) is 0 Å². The summed E-state index contributed by atoms with van der Waals surface area (Å²) in [6.45, 7) is 0. The fourth-order valence-corrected chi connectivity index (χ4v) is 4.77. The minimum atomic E-state index is -2.64. The highest BCUT2D eigenvalue weighted by molar-refractivity contribution is 7.22. The first-order valence-electron chi connectivity index (χ1n) is 9.19. The summed E-state index contributed by atoms with van der Waals surface area (Å²) in [6, 6.07) is 20.6. The van der Waals surface area contributed by atoms with Crippen LogP contribution >= 0.6 is 11.3 Å². The number of hydrogen-bond donors (Lipinski definition) is 1. The van der Waals surface area contributed by atoms with E-state index < -0.39 is 17.7 Å². The first-order valence-corrected chi connectivity index (χ1v) is 10.0. The highest BCUT2D eigenvalue weighted by atomic mass is 32.1. The normalized spacial score (nSPS) is 11.6. The predicted octanol–water partition coefficient (Wildman–Crippen LogP) is 5.50. The number of fused-ring (bicyclic) bond motifs is 2. The van der Waals surface area contributed by atoms with E-state index in [0.717, 1.165) is 26.7 Å². The molecule has 2 heterocycles. The Kier molecular flexibility index (Phi) is 4.33. The van der Waals surface area contributed by atoms with Crippen LogP contribution in [-0.2, 0) is 0 Å². The van der Waals surface area contributed by atoms with Gasteiger partial charge in [-0.05, 0) is 17.5 Å². The van der Waals surface area contributed by atoms with Crippen molar-refractivity contribution >= 4 is 32.3 Å². The van der Waals surface area contributed by atoms with Gasteiger partial charge in [0, 0.05) is 21.4 Å². The minimum absolute atomic E-state index is 0.110. The molecule has 4 nitrogen and oxygen atoms in total. The Morgan fingerprint density at radius 1 is 0.900 bits per heavy atom. The molecule has 5 rings (SSSR count). The molecule has 0 amide bonds. The molecule has 0 saturated heterocycles. The Morgan fingerprint density at radius 2 is 1.63 bits per heavy atom. The molecule has 0 aliphatic rings. The zero-order valence-corrected chi connectivity index (χ0v) is 16.2. The molecule has 7 heteroatoms. The quantitative estimate of drug-likeness (QED) is 0.419. The van der Waals surface area contributed by atoms with Gasteiger partial charge in [-0.1, -0.05) is 60.7 Å². The van der Waals surface area contributed by atoms with E-state index in [4.69, 9.17) is 0 Å². The Balaban J connectivity index is 1.78. The first-order chi connectivity index (χ1) is 14.5. The van der Waals surface area contributed by atoms with Crippen LogP contribution in [0.5, 0.6) is 0 Å². The second-order valence-corrected chi connectivity index (χ2v) is 7.86. The molecule has 2 aromatic heterocycles. The van der Waals surface area contributed by atoms with Crippen molar-refractivity contribution in [3.63, 3.8) is 0 Å². The fraction of sp³-hybridized carbons (Fsp3) is 0.0435. The van der Waals surface area contributed by atoms with Crippen molar-refractivity contribution in [1.82, 2.24) is 9.55 Å². The lowest BCUT2D eigenvalue weighted by Crippen LogP contribution is -2.33. The van der Waals surface area contributed by atoms with Gasteiger partial charge in [0.2, 0.25) is 0 Å². The summed E-state index contributed by atoms with van der Waals surface area (Å²) in [4.78, 5) is 29.3. The van der Waals surface area contributed by atoms with Gasteiger partial charge in [0.25, 0.3) is 12.0 Å². The summed E-state index contributed by atoms with van der Waals surface area (Å²) in [5.74, 6) is 0. The van der Waals surface area contributed by atoms with E-state index in [9.17, 15) is 18.4 Å². The summed E-state index contributed by atoms with van der Waals surface area (Å²) in [6.07, 6.45) is -2.64. The fourth-order valence-electron chi connectivity index (χ4n) is 3.67. The molecule has 0 saturated carbocycles. The summed E-state index contributed by atoms with van der Waals surface area (Å²) in [5, 5.41) is 1.67. The second-order valence-electron chi connectivity index (χ2n) is 6.81. The number of halogens is 2. The van der Waals surface area contributed by atoms with Crippen molar-refractivity contribution in [2.24, 2.45) is 0 Å². The molecule has 0 aliphatic carbocycles. The minimum Gasteiger partial charge on any atom is -0.306 e. The monoisotopic (exact) mass is 420 g/mol. The number of nitrogens with zero attached hydrogens (tertiary/aromatic N) is 1. The molecule has 1 N–H and O–H groups in total. The van der Waals surface area contributed by atoms with Gasteiger partial charge in [0.15, 0.2) is 0 Å². The van der Waals surface area contributed by atoms with Crippen molar-refractivity contribution in [2.45, 2.75) is 6.43 Å². The predicted molar refractivity (Wildman–Crippen MR) is 116 cm³/mol. The number of aromatic amines is 1. The highest BCUT2D eigenvalue weighted by Crippen LogP contribution is 2.36. The molecule has 0 atom stereocenters. The number of aromatic nitrogens is 2. The number of rotatable bonds is 3.